The van der Waals surface area contributed by atoms with Crippen molar-refractivity contribution in [3.63, 3.8) is 0 Å². The van der Waals surface area contributed by atoms with Crippen LogP contribution in [0.15, 0.2) is 18.2 Å². The van der Waals surface area contributed by atoms with Gasteiger partial charge in [0.15, 0.2) is 0 Å². The third-order valence-electron chi connectivity index (χ3n) is 2.28. The van der Waals surface area contributed by atoms with Crippen molar-refractivity contribution in [3.8, 4) is 0 Å². The van der Waals surface area contributed by atoms with E-state index in [2.05, 4.69) is 0 Å². The van der Waals surface area contributed by atoms with Gasteiger partial charge in [0, 0.05) is 6.42 Å². The molecule has 0 spiro atoms. The van der Waals surface area contributed by atoms with E-state index in [4.69, 9.17) is 0 Å². The standard InChI is InChI=1S/C11H13F3/c1-3-8-5-6-10(12)9(7-8)11(13,14)4-2/h5-7H,3-4H2,1-2H3. The Hall–Kier alpha value is -0.990. The summed E-state index contributed by atoms with van der Waals surface area (Å²) in [7, 11) is 0. The van der Waals surface area contributed by atoms with Crippen LogP contribution in [0.5, 0.6) is 0 Å². The van der Waals surface area contributed by atoms with E-state index in [1.54, 1.807) is 0 Å². The molecule has 0 fully saturated rings. The number of alkyl halides is 2. The SMILES string of the molecule is CCc1ccc(F)c(C(F)(F)CC)c1. The van der Waals surface area contributed by atoms with Crippen LogP contribution in [-0.2, 0) is 12.3 Å². The van der Waals surface area contributed by atoms with Crippen LogP contribution in [0, 0.1) is 5.82 Å². The van der Waals surface area contributed by atoms with Crippen molar-refractivity contribution in [1.82, 2.24) is 0 Å². The van der Waals surface area contributed by atoms with Gasteiger partial charge in [0.1, 0.15) is 5.82 Å². The molecule has 1 aromatic rings. The molecule has 0 atom stereocenters. The number of hydrogen-bond acceptors (Lipinski definition) is 0. The molecule has 0 amide bonds. The van der Waals surface area contributed by atoms with Gasteiger partial charge in [0.2, 0.25) is 0 Å². The first-order valence-electron chi connectivity index (χ1n) is 4.68. The van der Waals surface area contributed by atoms with E-state index < -0.39 is 17.3 Å². The zero-order chi connectivity index (χ0) is 10.8. The minimum absolute atomic E-state index is 0.378. The first kappa shape index (κ1) is 11.1. The zero-order valence-corrected chi connectivity index (χ0v) is 8.28. The second-order valence-corrected chi connectivity index (χ2v) is 3.23. The fourth-order valence-corrected chi connectivity index (χ4v) is 1.26. The second kappa shape index (κ2) is 4.03. The van der Waals surface area contributed by atoms with Gasteiger partial charge < -0.3 is 0 Å². The monoisotopic (exact) mass is 202 g/mol. The highest BCUT2D eigenvalue weighted by Crippen LogP contribution is 2.33. The Morgan fingerprint density at radius 3 is 2.36 bits per heavy atom. The predicted octanol–water partition coefficient (Wildman–Crippen LogP) is 3.89. The number of aryl methyl sites for hydroxylation is 1. The maximum atomic E-state index is 13.2. The lowest BCUT2D eigenvalue weighted by Gasteiger charge is -2.15. The Morgan fingerprint density at radius 1 is 1.21 bits per heavy atom. The van der Waals surface area contributed by atoms with E-state index in [1.807, 2.05) is 6.92 Å². The average molecular weight is 202 g/mol. The van der Waals surface area contributed by atoms with Crippen molar-refractivity contribution < 1.29 is 13.2 Å². The number of halogens is 3. The summed E-state index contributed by atoms with van der Waals surface area (Å²) in [4.78, 5) is 0. The minimum Gasteiger partial charge on any atom is -0.206 e. The Balaban J connectivity index is 3.18. The molecule has 0 saturated heterocycles. The molecule has 1 aromatic carbocycles. The van der Waals surface area contributed by atoms with Gasteiger partial charge >= 0.3 is 0 Å². The van der Waals surface area contributed by atoms with Crippen LogP contribution in [0.1, 0.15) is 31.4 Å². The van der Waals surface area contributed by atoms with Crippen molar-refractivity contribution >= 4 is 0 Å². The zero-order valence-electron chi connectivity index (χ0n) is 8.28. The number of rotatable bonds is 3. The van der Waals surface area contributed by atoms with Gasteiger partial charge in [-0.1, -0.05) is 19.9 Å². The van der Waals surface area contributed by atoms with Crippen molar-refractivity contribution in [1.29, 1.82) is 0 Å². The molecule has 3 heteroatoms. The Kier molecular flexibility index (Phi) is 3.19. The summed E-state index contributed by atoms with van der Waals surface area (Å²) in [5.41, 5.74) is 0.244. The van der Waals surface area contributed by atoms with Crippen LogP contribution >= 0.6 is 0 Å². The third kappa shape index (κ3) is 2.08. The predicted molar refractivity (Wildman–Crippen MR) is 50.0 cm³/mol. The van der Waals surface area contributed by atoms with E-state index in [0.29, 0.717) is 6.42 Å². The number of hydrogen-bond donors (Lipinski definition) is 0. The molecule has 78 valence electrons. The normalized spacial score (nSPS) is 11.8. The molecule has 0 nitrogen and oxygen atoms in total. The van der Waals surface area contributed by atoms with E-state index in [9.17, 15) is 13.2 Å². The lowest BCUT2D eigenvalue weighted by molar-refractivity contribution is -0.0118. The summed E-state index contributed by atoms with van der Waals surface area (Å²) in [5, 5.41) is 0. The van der Waals surface area contributed by atoms with Crippen LogP contribution < -0.4 is 0 Å². The fraction of sp³-hybridized carbons (Fsp3) is 0.455. The van der Waals surface area contributed by atoms with E-state index in [0.717, 1.165) is 11.6 Å². The summed E-state index contributed by atoms with van der Waals surface area (Å²) >= 11 is 0. The van der Waals surface area contributed by atoms with E-state index >= 15 is 0 Å². The van der Waals surface area contributed by atoms with Crippen LogP contribution in [0.25, 0.3) is 0 Å². The van der Waals surface area contributed by atoms with Gasteiger partial charge in [-0.2, -0.15) is 0 Å². The first-order chi connectivity index (χ1) is 6.51. The lowest BCUT2D eigenvalue weighted by atomic mass is 10.0. The van der Waals surface area contributed by atoms with Gasteiger partial charge in [-0.25, -0.2) is 13.2 Å². The van der Waals surface area contributed by atoms with Crippen molar-refractivity contribution in [3.05, 3.63) is 35.1 Å². The van der Waals surface area contributed by atoms with Gasteiger partial charge in [0.05, 0.1) is 5.56 Å². The topological polar surface area (TPSA) is 0 Å². The lowest BCUT2D eigenvalue weighted by Crippen LogP contribution is -2.14. The summed E-state index contributed by atoms with van der Waals surface area (Å²) in [6, 6.07) is 3.89. The molecule has 0 unspecified atom stereocenters. The summed E-state index contributed by atoms with van der Waals surface area (Å²) in [6.45, 7) is 3.19. The molecule has 0 N–H and O–H groups in total. The largest absolute Gasteiger partial charge is 0.275 e. The molecule has 0 saturated carbocycles. The molecular weight excluding hydrogens is 189 g/mol. The molecular formula is C11H13F3. The minimum atomic E-state index is -3.06. The summed E-state index contributed by atoms with van der Waals surface area (Å²) in [5.74, 6) is -3.89. The highest BCUT2D eigenvalue weighted by atomic mass is 19.3. The molecule has 0 aliphatic carbocycles. The molecule has 0 aliphatic rings. The number of benzene rings is 1. The van der Waals surface area contributed by atoms with Crippen LogP contribution in [0.3, 0.4) is 0 Å². The fourth-order valence-electron chi connectivity index (χ4n) is 1.26. The highest BCUT2D eigenvalue weighted by Gasteiger charge is 2.32. The van der Waals surface area contributed by atoms with Gasteiger partial charge in [-0.15, -0.1) is 0 Å². The molecule has 0 bridgehead atoms. The maximum Gasteiger partial charge on any atom is 0.275 e. The molecule has 0 aliphatic heterocycles. The summed E-state index contributed by atoms with van der Waals surface area (Å²) < 4.78 is 39.6. The Labute approximate surface area is 81.8 Å². The van der Waals surface area contributed by atoms with Crippen LogP contribution in [-0.4, -0.2) is 0 Å². The average Bonchev–Trinajstić information content (AvgIpc) is 2.18. The van der Waals surface area contributed by atoms with E-state index in [-0.39, 0.29) is 6.42 Å². The first-order valence-corrected chi connectivity index (χ1v) is 4.68. The Morgan fingerprint density at radius 2 is 1.86 bits per heavy atom. The second-order valence-electron chi connectivity index (χ2n) is 3.23. The van der Waals surface area contributed by atoms with Crippen molar-refractivity contribution in [2.45, 2.75) is 32.6 Å². The Bertz CT molecular complexity index is 318. The van der Waals surface area contributed by atoms with Gasteiger partial charge in [0.25, 0.3) is 5.92 Å². The molecule has 0 heterocycles. The summed E-state index contributed by atoms with van der Waals surface area (Å²) in [6.07, 6.45) is 0.254. The van der Waals surface area contributed by atoms with Crippen molar-refractivity contribution in [2.75, 3.05) is 0 Å². The molecule has 14 heavy (non-hydrogen) atoms. The quantitative estimate of drug-likeness (QED) is 0.697. The molecule has 1 rings (SSSR count). The van der Waals surface area contributed by atoms with Crippen LogP contribution in [0.4, 0.5) is 13.2 Å². The smallest absolute Gasteiger partial charge is 0.206 e. The van der Waals surface area contributed by atoms with Gasteiger partial charge in [-0.3, -0.25) is 0 Å². The highest BCUT2D eigenvalue weighted by molar-refractivity contribution is 5.28. The van der Waals surface area contributed by atoms with Crippen LogP contribution in [0.2, 0.25) is 0 Å². The van der Waals surface area contributed by atoms with Gasteiger partial charge in [-0.05, 0) is 24.1 Å². The third-order valence-corrected chi connectivity index (χ3v) is 2.28. The molecule has 0 aromatic heterocycles. The van der Waals surface area contributed by atoms with Crippen molar-refractivity contribution in [2.24, 2.45) is 0 Å². The maximum absolute atomic E-state index is 13.2. The molecule has 0 radical (unpaired) electrons. The van der Waals surface area contributed by atoms with E-state index in [1.165, 1.54) is 19.1 Å².